The number of fused-ring (bicyclic) bond motifs is 1. The van der Waals surface area contributed by atoms with E-state index in [9.17, 15) is 4.79 Å². The quantitative estimate of drug-likeness (QED) is 0.631. The van der Waals surface area contributed by atoms with E-state index in [4.69, 9.17) is 21.9 Å². The maximum Gasteiger partial charge on any atom is 0.240 e. The van der Waals surface area contributed by atoms with Gasteiger partial charge in [-0.3, -0.25) is 4.79 Å². The van der Waals surface area contributed by atoms with Crippen molar-refractivity contribution in [3.05, 3.63) is 64.8 Å². The fourth-order valence-electron chi connectivity index (χ4n) is 2.96. The molecule has 0 aliphatic rings. The first-order valence-corrected chi connectivity index (χ1v) is 9.41. The normalized spacial score (nSPS) is 12.9. The van der Waals surface area contributed by atoms with E-state index in [0.717, 1.165) is 18.2 Å². The molecule has 3 aromatic rings. The van der Waals surface area contributed by atoms with Crippen LogP contribution in [0.2, 0.25) is 5.02 Å². The monoisotopic (exact) mass is 385 g/mol. The number of carbonyl (C=O) groups is 1. The number of amides is 1. The number of nitrogens with two attached hydrogens (primary N) is 1. The smallest absolute Gasteiger partial charge is 0.240 e. The molecule has 0 saturated carbocycles. The fourth-order valence-corrected chi connectivity index (χ4v) is 3.13. The van der Waals surface area contributed by atoms with Crippen LogP contribution >= 0.6 is 11.6 Å². The summed E-state index contributed by atoms with van der Waals surface area (Å²) < 4.78 is 5.43. The molecule has 27 heavy (non-hydrogen) atoms. The van der Waals surface area contributed by atoms with Gasteiger partial charge in [-0.05, 0) is 56.9 Å². The number of hydrogen-bond acceptors (Lipinski definition) is 4. The van der Waals surface area contributed by atoms with Gasteiger partial charge < -0.3 is 15.6 Å². The lowest BCUT2D eigenvalue weighted by molar-refractivity contribution is -0.126. The van der Waals surface area contributed by atoms with Crippen molar-refractivity contribution in [2.75, 3.05) is 0 Å². The van der Waals surface area contributed by atoms with Crippen LogP contribution in [0.5, 0.6) is 0 Å². The second-order valence-electron chi connectivity index (χ2n) is 7.33. The van der Waals surface area contributed by atoms with Gasteiger partial charge >= 0.3 is 0 Å². The predicted molar refractivity (Wildman–Crippen MR) is 108 cm³/mol. The minimum Gasteiger partial charge on any atom is -0.356 e. The van der Waals surface area contributed by atoms with Crippen LogP contribution in [-0.2, 0) is 11.2 Å². The number of rotatable bonds is 7. The number of aromatic nitrogens is 1. The Bertz CT molecular complexity index is 916. The van der Waals surface area contributed by atoms with E-state index >= 15 is 0 Å². The van der Waals surface area contributed by atoms with Crippen molar-refractivity contribution < 1.29 is 9.32 Å². The van der Waals surface area contributed by atoms with Gasteiger partial charge in [0.1, 0.15) is 5.69 Å². The zero-order chi connectivity index (χ0) is 19.4. The molecule has 0 bridgehead atoms. The summed E-state index contributed by atoms with van der Waals surface area (Å²) in [5.41, 5.74) is 7.56. The van der Waals surface area contributed by atoms with Crippen molar-refractivity contribution >= 4 is 28.5 Å². The topological polar surface area (TPSA) is 81.2 Å². The van der Waals surface area contributed by atoms with Gasteiger partial charge in [-0.1, -0.05) is 47.1 Å². The average molecular weight is 386 g/mol. The second kappa shape index (κ2) is 8.11. The van der Waals surface area contributed by atoms with Crippen molar-refractivity contribution in [2.24, 2.45) is 5.73 Å². The van der Waals surface area contributed by atoms with Gasteiger partial charge in [0.25, 0.3) is 0 Å². The first kappa shape index (κ1) is 19.4. The van der Waals surface area contributed by atoms with E-state index in [0.29, 0.717) is 22.7 Å². The summed E-state index contributed by atoms with van der Waals surface area (Å²) in [7, 11) is 0. The minimum absolute atomic E-state index is 0.231. The van der Waals surface area contributed by atoms with Crippen molar-refractivity contribution in [1.29, 1.82) is 0 Å². The summed E-state index contributed by atoms with van der Waals surface area (Å²) in [6, 6.07) is 15.3. The average Bonchev–Trinajstić information content (AvgIpc) is 3.03. The van der Waals surface area contributed by atoms with Crippen LogP contribution in [0.4, 0.5) is 0 Å². The number of hydrogen-bond donors (Lipinski definition) is 2. The molecule has 1 aromatic heterocycles. The Hall–Kier alpha value is -2.37. The standard InChI is InChI=1S/C21H24ClN3O2/c1-21(2,23)20(26)24-17(10-6-9-14-7-4-3-5-8-14)19-16-13-15(22)11-12-18(16)27-25-19/h3-5,7-8,11-13,17H,6,9-10,23H2,1-2H3,(H,24,26)/t17-/m0/s1. The SMILES string of the molecule is CC(C)(N)C(=O)N[C@@H](CCCc1ccccc1)c1noc2ccc(Cl)cc12. The Labute approximate surface area is 163 Å². The molecule has 1 atom stereocenters. The highest BCUT2D eigenvalue weighted by Crippen LogP contribution is 2.29. The van der Waals surface area contributed by atoms with E-state index in [1.165, 1.54) is 5.56 Å². The molecule has 0 fully saturated rings. The zero-order valence-electron chi connectivity index (χ0n) is 15.5. The summed E-state index contributed by atoms with van der Waals surface area (Å²) in [6.45, 7) is 3.36. The Kier molecular flexibility index (Phi) is 5.82. The maximum absolute atomic E-state index is 12.5. The van der Waals surface area contributed by atoms with Crippen molar-refractivity contribution in [1.82, 2.24) is 10.5 Å². The molecule has 2 aromatic carbocycles. The number of benzene rings is 2. The molecule has 142 valence electrons. The van der Waals surface area contributed by atoms with Crippen LogP contribution in [0.15, 0.2) is 53.1 Å². The molecule has 0 aliphatic heterocycles. The first-order chi connectivity index (χ1) is 12.8. The number of nitrogens with zero attached hydrogens (tertiary/aromatic N) is 1. The molecule has 0 unspecified atom stereocenters. The number of aryl methyl sites for hydroxylation is 1. The van der Waals surface area contributed by atoms with Crippen molar-refractivity contribution in [2.45, 2.75) is 44.7 Å². The highest BCUT2D eigenvalue weighted by molar-refractivity contribution is 6.31. The molecule has 3 rings (SSSR count). The van der Waals surface area contributed by atoms with E-state index in [1.807, 2.05) is 24.3 Å². The van der Waals surface area contributed by atoms with Gasteiger partial charge in [0.2, 0.25) is 5.91 Å². The number of halogens is 1. The summed E-state index contributed by atoms with van der Waals surface area (Å²) in [6.07, 6.45) is 2.51. The van der Waals surface area contributed by atoms with E-state index < -0.39 is 5.54 Å². The lowest BCUT2D eigenvalue weighted by Crippen LogP contribution is -2.50. The summed E-state index contributed by atoms with van der Waals surface area (Å²) in [4.78, 5) is 12.5. The van der Waals surface area contributed by atoms with Crippen LogP contribution in [0.25, 0.3) is 11.0 Å². The van der Waals surface area contributed by atoms with Gasteiger partial charge in [-0.25, -0.2) is 0 Å². The van der Waals surface area contributed by atoms with Gasteiger partial charge in [0, 0.05) is 10.4 Å². The molecule has 3 N–H and O–H groups in total. The number of nitrogens with one attached hydrogen (secondary N) is 1. The fraction of sp³-hybridized carbons (Fsp3) is 0.333. The lowest BCUT2D eigenvalue weighted by atomic mass is 9.99. The van der Waals surface area contributed by atoms with Gasteiger partial charge in [0.15, 0.2) is 5.58 Å². The molecule has 5 nitrogen and oxygen atoms in total. The Balaban J connectivity index is 1.82. The molecule has 0 aliphatic carbocycles. The third kappa shape index (κ3) is 4.87. The Morgan fingerprint density at radius 1 is 1.26 bits per heavy atom. The predicted octanol–water partition coefficient (Wildman–Crippen LogP) is 4.40. The molecule has 0 spiro atoms. The summed E-state index contributed by atoms with van der Waals surface area (Å²) in [5, 5.41) is 8.64. The molecule has 1 amide bonds. The van der Waals surface area contributed by atoms with Crippen LogP contribution in [0.3, 0.4) is 0 Å². The van der Waals surface area contributed by atoms with Crippen LogP contribution < -0.4 is 11.1 Å². The second-order valence-corrected chi connectivity index (χ2v) is 7.77. The van der Waals surface area contributed by atoms with Crippen LogP contribution in [0.1, 0.15) is 44.0 Å². The molecular formula is C21H24ClN3O2. The molecule has 1 heterocycles. The molecular weight excluding hydrogens is 362 g/mol. The lowest BCUT2D eigenvalue weighted by Gasteiger charge is -2.23. The molecule has 0 radical (unpaired) electrons. The zero-order valence-corrected chi connectivity index (χ0v) is 16.3. The Morgan fingerprint density at radius 3 is 2.70 bits per heavy atom. The third-order valence-corrected chi connectivity index (χ3v) is 4.72. The summed E-state index contributed by atoms with van der Waals surface area (Å²) >= 11 is 6.14. The van der Waals surface area contributed by atoms with Crippen LogP contribution in [0, 0.1) is 0 Å². The first-order valence-electron chi connectivity index (χ1n) is 9.03. The maximum atomic E-state index is 12.5. The van der Waals surface area contributed by atoms with E-state index in [1.54, 1.807) is 26.0 Å². The summed E-state index contributed by atoms with van der Waals surface area (Å²) in [5.74, 6) is -0.231. The van der Waals surface area contributed by atoms with Crippen molar-refractivity contribution in [3.8, 4) is 0 Å². The molecule has 6 heteroatoms. The third-order valence-electron chi connectivity index (χ3n) is 4.48. The minimum atomic E-state index is -0.977. The van der Waals surface area contributed by atoms with Crippen LogP contribution in [-0.4, -0.2) is 16.6 Å². The van der Waals surface area contributed by atoms with Gasteiger partial charge in [-0.2, -0.15) is 0 Å². The van der Waals surface area contributed by atoms with Gasteiger partial charge in [-0.15, -0.1) is 0 Å². The van der Waals surface area contributed by atoms with Gasteiger partial charge in [0.05, 0.1) is 11.6 Å². The molecule has 0 saturated heterocycles. The number of carbonyl (C=O) groups excluding carboxylic acids is 1. The van der Waals surface area contributed by atoms with Crippen molar-refractivity contribution in [3.63, 3.8) is 0 Å². The Morgan fingerprint density at radius 2 is 2.00 bits per heavy atom. The van der Waals surface area contributed by atoms with E-state index in [-0.39, 0.29) is 11.9 Å². The largest absolute Gasteiger partial charge is 0.356 e. The highest BCUT2D eigenvalue weighted by atomic mass is 35.5. The highest BCUT2D eigenvalue weighted by Gasteiger charge is 2.27. The van der Waals surface area contributed by atoms with E-state index in [2.05, 4.69) is 22.6 Å².